The fourth-order valence-corrected chi connectivity index (χ4v) is 1.92. The number of hydrogen-bond donors (Lipinski definition) is 2. The first-order chi connectivity index (χ1) is 6.09. The molecule has 1 saturated carbocycles. The number of carbonyl (C=O) groups excluding carboxylic acids is 1. The lowest BCUT2D eigenvalue weighted by atomic mass is 10.1. The van der Waals surface area contributed by atoms with Crippen molar-refractivity contribution in [2.24, 2.45) is 11.8 Å². The quantitative estimate of drug-likeness (QED) is 0.479. The second-order valence-electron chi connectivity index (χ2n) is 3.51. The minimum Gasteiger partial charge on any atom is -0.394 e. The van der Waals surface area contributed by atoms with Gasteiger partial charge in [0, 0.05) is 11.8 Å². The van der Waals surface area contributed by atoms with Gasteiger partial charge in [-0.3, -0.25) is 4.79 Å². The summed E-state index contributed by atoms with van der Waals surface area (Å²) < 4.78 is 13.5. The molecule has 0 aliphatic heterocycles. The zero-order valence-electron chi connectivity index (χ0n) is 7.53. The Morgan fingerprint density at radius 3 is 2.77 bits per heavy atom. The molecule has 2 N–H and O–H groups in total. The molecular weight excluding hydrogens is 173 g/mol. The molecule has 13 heavy (non-hydrogen) atoms. The molecular formula is C9H14FNO2. The van der Waals surface area contributed by atoms with Crippen molar-refractivity contribution in [3.05, 3.63) is 12.7 Å². The number of allylic oxidation sites excluding steroid dienone is 1. The van der Waals surface area contributed by atoms with E-state index in [-0.39, 0.29) is 18.4 Å². The van der Waals surface area contributed by atoms with E-state index in [2.05, 4.69) is 11.9 Å². The molecule has 3 nitrogen and oxygen atoms in total. The van der Waals surface area contributed by atoms with Crippen LogP contribution in [0.15, 0.2) is 12.7 Å². The molecule has 4 atom stereocenters. The highest BCUT2D eigenvalue weighted by molar-refractivity contribution is 5.47. The molecule has 1 aliphatic rings. The van der Waals surface area contributed by atoms with Crippen LogP contribution in [0.1, 0.15) is 6.92 Å². The molecule has 0 heterocycles. The van der Waals surface area contributed by atoms with Crippen LogP contribution < -0.4 is 5.32 Å². The van der Waals surface area contributed by atoms with Crippen molar-refractivity contribution in [3.8, 4) is 0 Å². The van der Waals surface area contributed by atoms with Crippen LogP contribution in [0.5, 0.6) is 0 Å². The number of aliphatic hydroxyl groups is 1. The number of nitrogens with one attached hydrogen (secondary N) is 1. The molecule has 0 bridgehead atoms. The number of amides is 1. The van der Waals surface area contributed by atoms with Gasteiger partial charge in [0.15, 0.2) is 0 Å². The van der Waals surface area contributed by atoms with Crippen LogP contribution in [0.2, 0.25) is 0 Å². The van der Waals surface area contributed by atoms with Crippen LogP contribution in [-0.4, -0.2) is 29.8 Å². The molecule has 0 aromatic carbocycles. The Bertz CT molecular complexity index is 218. The van der Waals surface area contributed by atoms with Gasteiger partial charge in [0.05, 0.1) is 12.6 Å². The molecule has 0 spiro atoms. The molecule has 0 aromatic heterocycles. The van der Waals surface area contributed by atoms with E-state index in [0.29, 0.717) is 6.41 Å². The number of alkyl halides is 1. The molecule has 4 heteroatoms. The zero-order valence-corrected chi connectivity index (χ0v) is 7.53. The molecule has 0 aromatic rings. The van der Waals surface area contributed by atoms with E-state index in [1.807, 2.05) is 0 Å². The van der Waals surface area contributed by atoms with Crippen molar-refractivity contribution in [1.82, 2.24) is 5.32 Å². The largest absolute Gasteiger partial charge is 0.394 e. The van der Waals surface area contributed by atoms with E-state index in [0.717, 1.165) is 0 Å². The van der Waals surface area contributed by atoms with E-state index >= 15 is 0 Å². The first kappa shape index (κ1) is 10.2. The summed E-state index contributed by atoms with van der Waals surface area (Å²) in [6.07, 6.45) is 2.01. The summed E-state index contributed by atoms with van der Waals surface area (Å²) in [7, 11) is 0. The smallest absolute Gasteiger partial charge is 0.207 e. The first-order valence-electron chi connectivity index (χ1n) is 4.21. The van der Waals surface area contributed by atoms with Gasteiger partial charge in [-0.2, -0.15) is 0 Å². The normalized spacial score (nSPS) is 39.3. The van der Waals surface area contributed by atoms with Gasteiger partial charge in [-0.15, -0.1) is 6.58 Å². The fraction of sp³-hybridized carbons (Fsp3) is 0.667. The predicted molar refractivity (Wildman–Crippen MR) is 46.8 cm³/mol. The third-order valence-corrected chi connectivity index (χ3v) is 2.75. The molecule has 1 amide bonds. The Hall–Kier alpha value is -0.900. The maximum atomic E-state index is 13.5. The third kappa shape index (κ3) is 1.58. The predicted octanol–water partition coefficient (Wildman–Crippen LogP) is 0.253. The average Bonchev–Trinajstić information content (AvgIpc) is 2.64. The van der Waals surface area contributed by atoms with Crippen LogP contribution in [0, 0.1) is 11.8 Å². The van der Waals surface area contributed by atoms with Gasteiger partial charge in [0.2, 0.25) is 6.41 Å². The Labute approximate surface area is 76.6 Å². The van der Waals surface area contributed by atoms with Gasteiger partial charge in [-0.05, 0) is 6.92 Å². The third-order valence-electron chi connectivity index (χ3n) is 2.75. The van der Waals surface area contributed by atoms with Gasteiger partial charge in [-0.25, -0.2) is 4.39 Å². The Morgan fingerprint density at radius 1 is 1.85 bits per heavy atom. The van der Waals surface area contributed by atoms with Gasteiger partial charge in [-0.1, -0.05) is 6.08 Å². The van der Waals surface area contributed by atoms with Gasteiger partial charge < -0.3 is 10.4 Å². The molecule has 74 valence electrons. The minimum atomic E-state index is -1.34. The summed E-state index contributed by atoms with van der Waals surface area (Å²) in [6.45, 7) is 4.72. The Morgan fingerprint density at radius 2 is 2.46 bits per heavy atom. The maximum Gasteiger partial charge on any atom is 0.207 e. The average molecular weight is 187 g/mol. The lowest BCUT2D eigenvalue weighted by molar-refractivity contribution is -0.110. The van der Waals surface area contributed by atoms with Crippen LogP contribution in [0.4, 0.5) is 4.39 Å². The highest BCUT2D eigenvalue weighted by Crippen LogP contribution is 2.55. The summed E-state index contributed by atoms with van der Waals surface area (Å²) in [4.78, 5) is 10.1. The van der Waals surface area contributed by atoms with E-state index < -0.39 is 11.7 Å². The zero-order chi connectivity index (χ0) is 10.1. The number of carbonyl (C=O) groups is 1. The molecule has 1 unspecified atom stereocenters. The SMILES string of the molecule is C=CC1[C@H]([C@@H](CO)NC=O)[C@@]1(C)F. The number of hydrogen-bond acceptors (Lipinski definition) is 2. The lowest BCUT2D eigenvalue weighted by Gasteiger charge is -2.12. The number of rotatable bonds is 5. The second kappa shape index (κ2) is 3.46. The molecule has 1 aliphatic carbocycles. The summed E-state index contributed by atoms with van der Waals surface area (Å²) in [5, 5.41) is 11.3. The molecule has 0 radical (unpaired) electrons. The van der Waals surface area contributed by atoms with Crippen LogP contribution in [0.3, 0.4) is 0 Å². The van der Waals surface area contributed by atoms with E-state index in [4.69, 9.17) is 5.11 Å². The van der Waals surface area contributed by atoms with Gasteiger partial charge in [0.1, 0.15) is 5.67 Å². The van der Waals surface area contributed by atoms with Crippen molar-refractivity contribution >= 4 is 6.41 Å². The van der Waals surface area contributed by atoms with Crippen LogP contribution >= 0.6 is 0 Å². The monoisotopic (exact) mass is 187 g/mol. The highest BCUT2D eigenvalue weighted by atomic mass is 19.1. The number of halogens is 1. The Kier molecular flexibility index (Phi) is 2.71. The summed E-state index contributed by atoms with van der Waals surface area (Å²) in [6, 6.07) is -0.504. The van der Waals surface area contributed by atoms with E-state index in [9.17, 15) is 9.18 Å². The minimum absolute atomic E-state index is 0.243. The topological polar surface area (TPSA) is 49.3 Å². The molecule has 0 saturated heterocycles. The van der Waals surface area contributed by atoms with Crippen molar-refractivity contribution in [1.29, 1.82) is 0 Å². The van der Waals surface area contributed by atoms with Gasteiger partial charge in [0.25, 0.3) is 0 Å². The van der Waals surface area contributed by atoms with Crippen molar-refractivity contribution in [2.75, 3.05) is 6.61 Å². The molecule has 1 fully saturated rings. The van der Waals surface area contributed by atoms with Gasteiger partial charge >= 0.3 is 0 Å². The second-order valence-corrected chi connectivity index (χ2v) is 3.51. The maximum absolute atomic E-state index is 13.5. The van der Waals surface area contributed by atoms with Crippen LogP contribution in [-0.2, 0) is 4.79 Å². The summed E-state index contributed by atoms with van der Waals surface area (Å²) in [5.74, 6) is -0.614. The Balaban J connectivity index is 2.62. The summed E-state index contributed by atoms with van der Waals surface area (Å²) in [5.41, 5.74) is -1.34. The van der Waals surface area contributed by atoms with Crippen LogP contribution in [0.25, 0.3) is 0 Å². The summed E-state index contributed by atoms with van der Waals surface area (Å²) >= 11 is 0. The lowest BCUT2D eigenvalue weighted by Crippen LogP contribution is -2.35. The van der Waals surface area contributed by atoms with E-state index in [1.165, 1.54) is 13.0 Å². The molecule has 1 rings (SSSR count). The fourth-order valence-electron chi connectivity index (χ4n) is 1.92. The standard InChI is InChI=1S/C9H14FNO2/c1-3-6-8(9(6,2)10)7(4-12)11-5-13/h3,5-8,12H,1,4H2,2H3,(H,11,13)/t6?,7-,8-,9+/m1/s1. The van der Waals surface area contributed by atoms with Crippen molar-refractivity contribution in [2.45, 2.75) is 18.6 Å². The van der Waals surface area contributed by atoms with Crippen molar-refractivity contribution in [3.63, 3.8) is 0 Å². The first-order valence-corrected chi connectivity index (χ1v) is 4.21. The van der Waals surface area contributed by atoms with Crippen molar-refractivity contribution < 1.29 is 14.3 Å². The highest BCUT2D eigenvalue weighted by Gasteiger charge is 2.63. The van der Waals surface area contributed by atoms with E-state index in [1.54, 1.807) is 0 Å². The number of aliphatic hydroxyl groups excluding tert-OH is 1.